The second-order valence-electron chi connectivity index (χ2n) is 5.64. The predicted octanol–water partition coefficient (Wildman–Crippen LogP) is 3.59. The van der Waals surface area contributed by atoms with Crippen LogP contribution in [0.4, 0.5) is 5.69 Å². The van der Waals surface area contributed by atoms with E-state index in [1.807, 2.05) is 53.8 Å². The van der Waals surface area contributed by atoms with Crippen LogP contribution in [0.25, 0.3) is 0 Å². The van der Waals surface area contributed by atoms with E-state index in [9.17, 15) is 8.42 Å². The lowest BCUT2D eigenvalue weighted by Crippen LogP contribution is -2.47. The van der Waals surface area contributed by atoms with Gasteiger partial charge in [0.1, 0.15) is 0 Å². The van der Waals surface area contributed by atoms with E-state index in [2.05, 4.69) is 10.0 Å². The highest BCUT2D eigenvalue weighted by Gasteiger charge is 2.31. The van der Waals surface area contributed by atoms with E-state index in [0.717, 1.165) is 36.1 Å². The third-order valence-corrected chi connectivity index (χ3v) is 6.28. The molecule has 0 atom stereocenters. The summed E-state index contributed by atoms with van der Waals surface area (Å²) in [5, 5.41) is 3.05. The fraction of sp³-hybridized carbons (Fsp3) is 0.625. The molecule has 0 aliphatic heterocycles. The van der Waals surface area contributed by atoms with E-state index in [4.69, 9.17) is 0 Å². The summed E-state index contributed by atoms with van der Waals surface area (Å²) in [4.78, 5) is 0.404. The lowest BCUT2D eigenvalue weighted by atomic mass is 9.91. The quantitative estimate of drug-likeness (QED) is 0.809. The average Bonchev–Trinajstić information content (AvgIpc) is 2.43. The van der Waals surface area contributed by atoms with Crippen molar-refractivity contribution in [3.05, 3.63) is 23.3 Å². The van der Waals surface area contributed by atoms with Crippen LogP contribution in [-0.2, 0) is 10.0 Å². The highest BCUT2D eigenvalue weighted by atomic mass is 32.2. The Hall–Kier alpha value is -1.07. The highest BCUT2D eigenvalue weighted by Crippen LogP contribution is 2.28. The summed E-state index contributed by atoms with van der Waals surface area (Å²) in [5.41, 5.74) is 2.10. The van der Waals surface area contributed by atoms with Crippen LogP contribution in [0.2, 0.25) is 0 Å². The third-order valence-electron chi connectivity index (χ3n) is 4.40. The fourth-order valence-corrected chi connectivity index (χ4v) is 4.89. The first-order valence-electron chi connectivity index (χ1n) is 7.58. The summed E-state index contributed by atoms with van der Waals surface area (Å²) in [5.74, 6) is 0. The van der Waals surface area contributed by atoms with Crippen molar-refractivity contribution < 1.29 is 8.42 Å². The lowest BCUT2D eigenvalue weighted by Gasteiger charge is -2.32. The van der Waals surface area contributed by atoms with Gasteiger partial charge in [0.2, 0.25) is 10.0 Å². The Labute approximate surface area is 129 Å². The highest BCUT2D eigenvalue weighted by molar-refractivity contribution is 7.89. The van der Waals surface area contributed by atoms with Gasteiger partial charge in [0.05, 0.1) is 4.90 Å². The van der Waals surface area contributed by atoms with Gasteiger partial charge in [-0.1, -0.05) is 20.8 Å². The van der Waals surface area contributed by atoms with Crippen LogP contribution in [0.5, 0.6) is 0 Å². The Kier molecular flexibility index (Phi) is 5.82. The van der Waals surface area contributed by atoms with Crippen LogP contribution in [0.1, 0.15) is 51.2 Å². The van der Waals surface area contributed by atoms with Gasteiger partial charge in [-0.3, -0.25) is 0 Å². The van der Waals surface area contributed by atoms with Crippen molar-refractivity contribution in [2.45, 2.75) is 64.3 Å². The van der Waals surface area contributed by atoms with Crippen molar-refractivity contribution in [2.75, 3.05) is 12.4 Å². The Morgan fingerprint density at radius 1 is 1.00 bits per heavy atom. The molecule has 2 N–H and O–H groups in total. The molecular weight excluding hydrogens is 284 g/mol. The van der Waals surface area contributed by atoms with Crippen molar-refractivity contribution in [3.63, 3.8) is 0 Å². The molecule has 1 rings (SSSR count). The minimum atomic E-state index is -3.52. The van der Waals surface area contributed by atoms with Gasteiger partial charge < -0.3 is 5.32 Å². The number of sulfonamides is 1. The molecule has 0 radical (unpaired) electrons. The van der Waals surface area contributed by atoms with Gasteiger partial charge in [-0.15, -0.1) is 0 Å². The Balaban J connectivity index is 3.32. The first-order valence-corrected chi connectivity index (χ1v) is 9.06. The fourth-order valence-electron chi connectivity index (χ4n) is 2.82. The molecule has 5 heteroatoms. The summed E-state index contributed by atoms with van der Waals surface area (Å²) in [7, 11) is -1.69. The van der Waals surface area contributed by atoms with Gasteiger partial charge in [-0.25, -0.2) is 13.1 Å². The molecule has 21 heavy (non-hydrogen) atoms. The van der Waals surface area contributed by atoms with Crippen LogP contribution < -0.4 is 10.0 Å². The normalized spacial score (nSPS) is 12.5. The summed E-state index contributed by atoms with van der Waals surface area (Å²) >= 11 is 0. The first-order chi connectivity index (χ1) is 9.75. The number of nitrogens with one attached hydrogen (secondary N) is 2. The molecule has 0 fully saturated rings. The summed E-state index contributed by atoms with van der Waals surface area (Å²) in [6.07, 6.45) is 2.35. The van der Waals surface area contributed by atoms with E-state index in [0.29, 0.717) is 4.90 Å². The van der Waals surface area contributed by atoms with E-state index in [1.54, 1.807) is 0 Å². The third kappa shape index (κ3) is 3.77. The molecule has 0 aromatic heterocycles. The zero-order valence-corrected chi connectivity index (χ0v) is 14.8. The van der Waals surface area contributed by atoms with Crippen molar-refractivity contribution in [1.29, 1.82) is 0 Å². The molecule has 1 aromatic rings. The van der Waals surface area contributed by atoms with Gasteiger partial charge in [0.25, 0.3) is 0 Å². The predicted molar refractivity (Wildman–Crippen MR) is 89.4 cm³/mol. The zero-order valence-electron chi connectivity index (χ0n) is 14.0. The number of anilines is 1. The maximum atomic E-state index is 12.8. The molecule has 0 heterocycles. The van der Waals surface area contributed by atoms with Gasteiger partial charge in [-0.05, 0) is 56.4 Å². The van der Waals surface area contributed by atoms with E-state index in [-0.39, 0.29) is 5.54 Å². The Morgan fingerprint density at radius 3 is 1.76 bits per heavy atom. The van der Waals surface area contributed by atoms with Crippen LogP contribution in [0.15, 0.2) is 17.0 Å². The number of rotatable bonds is 7. The molecule has 4 nitrogen and oxygen atoms in total. The summed E-state index contributed by atoms with van der Waals surface area (Å²) in [6, 6.07) is 3.74. The Morgan fingerprint density at radius 2 is 1.43 bits per heavy atom. The molecule has 0 saturated carbocycles. The lowest BCUT2D eigenvalue weighted by molar-refractivity contribution is 0.341. The number of hydrogen-bond acceptors (Lipinski definition) is 3. The minimum absolute atomic E-state index is 0.362. The number of hydrogen-bond donors (Lipinski definition) is 2. The number of benzene rings is 1. The molecule has 0 amide bonds. The second-order valence-corrected chi connectivity index (χ2v) is 7.25. The Bertz CT molecular complexity index is 559. The van der Waals surface area contributed by atoms with Gasteiger partial charge >= 0.3 is 0 Å². The maximum Gasteiger partial charge on any atom is 0.241 e. The first kappa shape index (κ1) is 18.0. The molecule has 0 saturated heterocycles. The SMILES string of the molecule is CCC(CC)(CC)NS(=O)(=O)c1c(C)cc(NC)cc1C. The van der Waals surface area contributed by atoms with Crippen LogP contribution in [0, 0.1) is 13.8 Å². The van der Waals surface area contributed by atoms with Gasteiger partial charge in [0.15, 0.2) is 0 Å². The molecule has 0 unspecified atom stereocenters. The van der Waals surface area contributed by atoms with Gasteiger partial charge in [0, 0.05) is 18.3 Å². The van der Waals surface area contributed by atoms with Gasteiger partial charge in [-0.2, -0.15) is 0 Å². The van der Waals surface area contributed by atoms with Crippen molar-refractivity contribution in [1.82, 2.24) is 4.72 Å². The van der Waals surface area contributed by atoms with Crippen LogP contribution >= 0.6 is 0 Å². The molecule has 0 spiro atoms. The molecule has 1 aromatic carbocycles. The minimum Gasteiger partial charge on any atom is -0.388 e. The number of aryl methyl sites for hydroxylation is 2. The van der Waals surface area contributed by atoms with E-state index < -0.39 is 10.0 Å². The smallest absolute Gasteiger partial charge is 0.241 e. The summed E-state index contributed by atoms with van der Waals surface area (Å²) in [6.45, 7) is 9.76. The molecule has 0 bridgehead atoms. The summed E-state index contributed by atoms with van der Waals surface area (Å²) < 4.78 is 28.6. The monoisotopic (exact) mass is 312 g/mol. The standard InChI is InChI=1S/C16H28N2O2S/c1-7-16(8-2,9-3)18-21(19,20)15-12(4)10-14(17-6)11-13(15)5/h10-11,17-18H,7-9H2,1-6H3. The average molecular weight is 312 g/mol. The van der Waals surface area contributed by atoms with Crippen molar-refractivity contribution >= 4 is 15.7 Å². The van der Waals surface area contributed by atoms with Crippen molar-refractivity contribution in [3.8, 4) is 0 Å². The second kappa shape index (κ2) is 6.79. The van der Waals surface area contributed by atoms with E-state index >= 15 is 0 Å². The van der Waals surface area contributed by atoms with Crippen LogP contribution in [0.3, 0.4) is 0 Å². The zero-order chi connectivity index (χ0) is 16.3. The topological polar surface area (TPSA) is 58.2 Å². The molecule has 0 aliphatic carbocycles. The van der Waals surface area contributed by atoms with Crippen LogP contribution in [-0.4, -0.2) is 21.0 Å². The largest absolute Gasteiger partial charge is 0.388 e. The van der Waals surface area contributed by atoms with Crippen molar-refractivity contribution in [2.24, 2.45) is 0 Å². The molecule has 120 valence electrons. The van der Waals surface area contributed by atoms with E-state index in [1.165, 1.54) is 0 Å². The molecule has 0 aliphatic rings. The maximum absolute atomic E-state index is 12.8. The molecular formula is C16H28N2O2S.